The number of thiophene rings is 1. The van der Waals surface area contributed by atoms with E-state index in [1.165, 1.54) is 20.5 Å². The molecule has 0 amide bonds. The fourth-order valence-electron chi connectivity index (χ4n) is 3.69. The Balaban J connectivity index is 1.64. The lowest BCUT2D eigenvalue weighted by Gasteiger charge is -2.32. The Labute approximate surface area is 169 Å². The Hall–Kier alpha value is -3.10. The number of ether oxygens (including phenoxy) is 1. The normalized spacial score (nSPS) is 18.3. The number of hydrogen-bond donors (Lipinski definition) is 0. The van der Waals surface area contributed by atoms with Gasteiger partial charge in [-0.1, -0.05) is 66.7 Å². The molecule has 0 saturated heterocycles. The van der Waals surface area contributed by atoms with Gasteiger partial charge in [-0.2, -0.15) is 0 Å². The summed E-state index contributed by atoms with van der Waals surface area (Å²) in [5, 5.41) is 2.45. The van der Waals surface area contributed by atoms with Crippen LogP contribution in [0.4, 0.5) is 0 Å². The third-order valence-corrected chi connectivity index (χ3v) is 6.29. The molecule has 136 valence electrons. The molecule has 0 bridgehead atoms. The van der Waals surface area contributed by atoms with Gasteiger partial charge in [-0.15, -0.1) is 11.3 Å². The van der Waals surface area contributed by atoms with E-state index in [1.54, 1.807) is 11.3 Å². The van der Waals surface area contributed by atoms with E-state index in [-0.39, 0.29) is 0 Å². The largest absolute Gasteiger partial charge is 0.473 e. The second-order valence-electron chi connectivity index (χ2n) is 7.08. The highest BCUT2D eigenvalue weighted by Gasteiger charge is 2.34. The van der Waals surface area contributed by atoms with Gasteiger partial charge in [-0.3, -0.25) is 0 Å². The molecule has 1 atom stereocenters. The van der Waals surface area contributed by atoms with Gasteiger partial charge in [0.2, 0.25) is 0 Å². The molecule has 4 aromatic rings. The molecule has 1 aliphatic rings. The third kappa shape index (κ3) is 2.96. The van der Waals surface area contributed by atoms with Crippen LogP contribution in [0.25, 0.3) is 22.9 Å². The average molecular weight is 381 g/mol. The van der Waals surface area contributed by atoms with E-state index in [1.807, 2.05) is 6.07 Å². The molecule has 2 heterocycles. The lowest BCUT2D eigenvalue weighted by atomic mass is 9.93. The van der Waals surface area contributed by atoms with Crippen LogP contribution in [-0.2, 0) is 5.60 Å². The van der Waals surface area contributed by atoms with Gasteiger partial charge < -0.3 is 4.74 Å². The Morgan fingerprint density at radius 1 is 0.857 bits per heavy atom. The van der Waals surface area contributed by atoms with E-state index >= 15 is 0 Å². The van der Waals surface area contributed by atoms with Gasteiger partial charge in [0.05, 0.1) is 4.88 Å². The van der Waals surface area contributed by atoms with Crippen LogP contribution in [0.2, 0.25) is 0 Å². The van der Waals surface area contributed by atoms with Crippen molar-refractivity contribution in [2.24, 2.45) is 0 Å². The molecule has 28 heavy (non-hydrogen) atoms. The lowest BCUT2D eigenvalue weighted by Crippen LogP contribution is -2.29. The number of hydrogen-bond acceptors (Lipinski definition) is 2. The Bertz CT molecular complexity index is 1200. The molecule has 1 nitrogen and oxygen atoms in total. The first-order valence-corrected chi connectivity index (χ1v) is 10.3. The summed E-state index contributed by atoms with van der Waals surface area (Å²) in [4.78, 5) is 2.47. The van der Waals surface area contributed by atoms with Gasteiger partial charge >= 0.3 is 0 Å². The topological polar surface area (TPSA) is 9.23 Å². The van der Waals surface area contributed by atoms with E-state index in [0.29, 0.717) is 0 Å². The van der Waals surface area contributed by atoms with Gasteiger partial charge in [0.1, 0.15) is 5.75 Å². The number of benzene rings is 3. The highest BCUT2D eigenvalue weighted by Crippen LogP contribution is 2.43. The molecule has 0 radical (unpaired) electrons. The van der Waals surface area contributed by atoms with Crippen molar-refractivity contribution in [3.63, 3.8) is 0 Å². The summed E-state index contributed by atoms with van der Waals surface area (Å²) in [6.45, 7) is 2.14. The zero-order valence-electron chi connectivity index (χ0n) is 15.6. The molecule has 3 aromatic carbocycles. The second-order valence-corrected chi connectivity index (χ2v) is 8.37. The molecule has 0 fully saturated rings. The van der Waals surface area contributed by atoms with Crippen LogP contribution in [0.5, 0.6) is 5.75 Å². The Morgan fingerprint density at radius 3 is 2.50 bits per heavy atom. The number of aryl methyl sites for hydroxylation is 1. The van der Waals surface area contributed by atoms with Crippen LogP contribution >= 0.6 is 11.3 Å². The molecule has 0 saturated carbocycles. The summed E-state index contributed by atoms with van der Waals surface area (Å²) in [5.74, 6) is 0.921. The fraction of sp³-hybridized carbons (Fsp3) is 0.0769. The van der Waals surface area contributed by atoms with Gasteiger partial charge in [0.15, 0.2) is 5.60 Å². The van der Waals surface area contributed by atoms with Crippen molar-refractivity contribution < 1.29 is 4.74 Å². The highest BCUT2D eigenvalue weighted by molar-refractivity contribution is 7.12. The van der Waals surface area contributed by atoms with Crippen LogP contribution < -0.4 is 4.74 Å². The van der Waals surface area contributed by atoms with Crippen molar-refractivity contribution in [1.29, 1.82) is 0 Å². The molecule has 2 heteroatoms. The highest BCUT2D eigenvalue weighted by atomic mass is 32.1. The molecule has 1 aliphatic heterocycles. The third-order valence-electron chi connectivity index (χ3n) is 5.16. The van der Waals surface area contributed by atoms with Crippen LogP contribution in [0.1, 0.15) is 20.9 Å². The molecule has 1 unspecified atom stereocenters. The smallest absolute Gasteiger partial charge is 0.180 e. The monoisotopic (exact) mass is 380 g/mol. The van der Waals surface area contributed by atoms with Crippen molar-refractivity contribution >= 4 is 34.3 Å². The van der Waals surface area contributed by atoms with Crippen molar-refractivity contribution in [1.82, 2.24) is 0 Å². The average Bonchev–Trinajstić information content (AvgIpc) is 3.20. The first kappa shape index (κ1) is 17.0. The first-order valence-electron chi connectivity index (χ1n) is 9.45. The van der Waals surface area contributed by atoms with Crippen LogP contribution in [-0.4, -0.2) is 0 Å². The van der Waals surface area contributed by atoms with Crippen molar-refractivity contribution in [3.05, 3.63) is 112 Å². The first-order chi connectivity index (χ1) is 13.7. The van der Waals surface area contributed by atoms with Crippen LogP contribution in [0.3, 0.4) is 0 Å². The lowest BCUT2D eigenvalue weighted by molar-refractivity contribution is 0.175. The summed E-state index contributed by atoms with van der Waals surface area (Å²) in [6.07, 6.45) is 8.71. The minimum absolute atomic E-state index is 0.593. The minimum Gasteiger partial charge on any atom is -0.473 e. The van der Waals surface area contributed by atoms with Gasteiger partial charge in [0, 0.05) is 10.4 Å². The van der Waals surface area contributed by atoms with E-state index in [2.05, 4.69) is 104 Å². The molecule has 5 rings (SSSR count). The van der Waals surface area contributed by atoms with Crippen molar-refractivity contribution in [2.45, 2.75) is 12.5 Å². The summed E-state index contributed by atoms with van der Waals surface area (Å²) >= 11 is 1.78. The number of fused-ring (bicyclic) bond motifs is 3. The molecule has 0 spiro atoms. The maximum atomic E-state index is 6.69. The van der Waals surface area contributed by atoms with Crippen LogP contribution in [0, 0.1) is 6.92 Å². The summed E-state index contributed by atoms with van der Waals surface area (Å²) < 4.78 is 6.69. The van der Waals surface area contributed by atoms with Crippen molar-refractivity contribution in [2.75, 3.05) is 0 Å². The molecular weight excluding hydrogens is 360 g/mol. The predicted octanol–water partition coefficient (Wildman–Crippen LogP) is 7.22. The van der Waals surface area contributed by atoms with Gasteiger partial charge in [0.25, 0.3) is 0 Å². The molecule has 0 N–H and O–H groups in total. The van der Waals surface area contributed by atoms with E-state index < -0.39 is 5.60 Å². The SMILES string of the molecule is Cc1ccc(C2(C=Cc3ccccc3)C=Cc3c(ccc4ccccc34)O2)s1. The zero-order chi connectivity index (χ0) is 19.0. The quantitative estimate of drug-likeness (QED) is 0.364. The minimum atomic E-state index is -0.593. The van der Waals surface area contributed by atoms with Crippen molar-refractivity contribution in [3.8, 4) is 5.75 Å². The molecule has 1 aromatic heterocycles. The fourth-order valence-corrected chi connectivity index (χ4v) is 4.65. The Kier molecular flexibility index (Phi) is 4.14. The maximum absolute atomic E-state index is 6.69. The summed E-state index contributed by atoms with van der Waals surface area (Å²) in [6, 6.07) is 27.4. The maximum Gasteiger partial charge on any atom is 0.180 e. The molecule has 0 aliphatic carbocycles. The standard InChI is InChI=1S/C26H20OS/c1-19-11-14-25(28-19)26(17-15-20-7-3-2-4-8-20)18-16-23-22-10-6-5-9-21(22)12-13-24(23)27-26/h2-18H,1H3. The molecular formula is C26H20OS. The Morgan fingerprint density at radius 2 is 1.68 bits per heavy atom. The zero-order valence-corrected chi connectivity index (χ0v) is 16.4. The van der Waals surface area contributed by atoms with E-state index in [9.17, 15) is 0 Å². The van der Waals surface area contributed by atoms with Gasteiger partial charge in [-0.25, -0.2) is 0 Å². The number of rotatable bonds is 3. The van der Waals surface area contributed by atoms with E-state index in [4.69, 9.17) is 4.74 Å². The second kappa shape index (κ2) is 6.81. The van der Waals surface area contributed by atoms with Gasteiger partial charge in [-0.05, 0) is 59.7 Å². The van der Waals surface area contributed by atoms with E-state index in [0.717, 1.165) is 16.9 Å². The predicted molar refractivity (Wildman–Crippen MR) is 120 cm³/mol. The van der Waals surface area contributed by atoms with Crippen LogP contribution in [0.15, 0.2) is 91.0 Å². The summed E-state index contributed by atoms with van der Waals surface area (Å²) in [7, 11) is 0. The summed E-state index contributed by atoms with van der Waals surface area (Å²) in [5.41, 5.74) is 1.72.